The Hall–Kier alpha value is -1.54. The Morgan fingerprint density at radius 2 is 2.06 bits per heavy atom. The zero-order valence-electron chi connectivity index (χ0n) is 8.80. The number of hydrogen-bond acceptors (Lipinski definition) is 5. The molecule has 0 aliphatic rings. The van der Waals surface area contributed by atoms with Crippen molar-refractivity contribution in [2.75, 3.05) is 0 Å². The van der Waals surface area contributed by atoms with E-state index in [1.165, 1.54) is 13.1 Å². The molecule has 0 spiro atoms. The number of nitrogens with two attached hydrogens (primary N) is 1. The Balaban J connectivity index is 3.35. The Labute approximate surface area is 92.5 Å². The third-order valence-electron chi connectivity index (χ3n) is 2.10. The van der Waals surface area contributed by atoms with E-state index in [4.69, 9.17) is 5.14 Å². The fourth-order valence-corrected chi connectivity index (χ4v) is 2.05. The maximum atomic E-state index is 10.9. The van der Waals surface area contributed by atoms with E-state index in [1.807, 2.05) is 0 Å². The van der Waals surface area contributed by atoms with Crippen LogP contribution in [0.4, 0.5) is 5.69 Å². The monoisotopic (exact) mass is 245 g/mol. The number of rotatable bonds is 3. The van der Waals surface area contributed by atoms with Crippen LogP contribution in [0.25, 0.3) is 0 Å². The van der Waals surface area contributed by atoms with E-state index in [2.05, 4.69) is 4.98 Å². The van der Waals surface area contributed by atoms with Crippen LogP contribution in [0.15, 0.2) is 6.20 Å². The maximum Gasteiger partial charge on any atom is 0.278 e. The molecule has 0 fully saturated rings. The Bertz CT molecular complexity index is 538. The van der Waals surface area contributed by atoms with Crippen LogP contribution in [0.5, 0.6) is 0 Å². The van der Waals surface area contributed by atoms with Gasteiger partial charge in [0, 0.05) is 17.3 Å². The summed E-state index contributed by atoms with van der Waals surface area (Å²) in [5.41, 5.74) is 0.619. The van der Waals surface area contributed by atoms with Crippen molar-refractivity contribution in [2.45, 2.75) is 19.6 Å². The lowest BCUT2D eigenvalue weighted by molar-refractivity contribution is -0.386. The molecule has 7 nitrogen and oxygen atoms in total. The summed E-state index contributed by atoms with van der Waals surface area (Å²) in [6, 6.07) is 0. The van der Waals surface area contributed by atoms with Crippen molar-refractivity contribution in [1.82, 2.24) is 4.98 Å². The largest absolute Gasteiger partial charge is 0.278 e. The van der Waals surface area contributed by atoms with Gasteiger partial charge in [0.2, 0.25) is 10.0 Å². The summed E-state index contributed by atoms with van der Waals surface area (Å²) in [5, 5.41) is 15.6. The number of nitrogens with zero attached hydrogens (tertiary/aromatic N) is 2. The lowest BCUT2D eigenvalue weighted by Gasteiger charge is -2.05. The van der Waals surface area contributed by atoms with Gasteiger partial charge in [0.1, 0.15) is 5.75 Å². The third kappa shape index (κ3) is 2.74. The van der Waals surface area contributed by atoms with E-state index in [-0.39, 0.29) is 16.9 Å². The van der Waals surface area contributed by atoms with E-state index < -0.39 is 20.7 Å². The van der Waals surface area contributed by atoms with Gasteiger partial charge in [-0.25, -0.2) is 13.6 Å². The fraction of sp³-hybridized carbons (Fsp3) is 0.375. The molecule has 0 unspecified atom stereocenters. The SMILES string of the molecule is Cc1cnc(CS(N)(=O)=O)c(C)c1[N+](=O)[O-]. The highest BCUT2D eigenvalue weighted by Crippen LogP contribution is 2.24. The molecule has 0 aliphatic heterocycles. The number of primary sulfonamides is 1. The number of aromatic nitrogens is 1. The molecule has 1 aromatic rings. The highest BCUT2D eigenvalue weighted by atomic mass is 32.2. The maximum absolute atomic E-state index is 10.9. The lowest BCUT2D eigenvalue weighted by atomic mass is 10.1. The molecule has 1 heterocycles. The van der Waals surface area contributed by atoms with Crippen LogP contribution in [0, 0.1) is 24.0 Å². The molecule has 0 saturated heterocycles. The van der Waals surface area contributed by atoms with Crippen LogP contribution in [-0.4, -0.2) is 18.3 Å². The molecule has 0 radical (unpaired) electrons. The number of sulfonamides is 1. The lowest BCUT2D eigenvalue weighted by Crippen LogP contribution is -2.16. The van der Waals surface area contributed by atoms with Gasteiger partial charge in [-0.05, 0) is 13.8 Å². The Kier molecular flexibility index (Phi) is 3.24. The molecule has 0 aliphatic carbocycles. The predicted molar refractivity (Wildman–Crippen MR) is 57.2 cm³/mol. The molecule has 0 amide bonds. The van der Waals surface area contributed by atoms with Gasteiger partial charge in [-0.3, -0.25) is 15.1 Å². The molecule has 1 aromatic heterocycles. The quantitative estimate of drug-likeness (QED) is 0.610. The summed E-state index contributed by atoms with van der Waals surface area (Å²) >= 11 is 0. The van der Waals surface area contributed by atoms with Gasteiger partial charge in [0.25, 0.3) is 5.69 Å². The van der Waals surface area contributed by atoms with Crippen LogP contribution in [-0.2, 0) is 15.8 Å². The van der Waals surface area contributed by atoms with Gasteiger partial charge in [-0.15, -0.1) is 0 Å². The van der Waals surface area contributed by atoms with Crippen molar-refractivity contribution < 1.29 is 13.3 Å². The van der Waals surface area contributed by atoms with Gasteiger partial charge in [0.15, 0.2) is 0 Å². The Morgan fingerprint density at radius 1 is 1.50 bits per heavy atom. The first-order chi connectivity index (χ1) is 7.22. The fourth-order valence-electron chi connectivity index (χ4n) is 1.38. The molecule has 16 heavy (non-hydrogen) atoms. The second kappa shape index (κ2) is 4.14. The highest BCUT2D eigenvalue weighted by Gasteiger charge is 2.20. The molecule has 0 aromatic carbocycles. The normalized spacial score (nSPS) is 11.4. The van der Waals surface area contributed by atoms with Crippen molar-refractivity contribution in [2.24, 2.45) is 5.14 Å². The second-order valence-corrected chi connectivity index (χ2v) is 5.04. The van der Waals surface area contributed by atoms with E-state index >= 15 is 0 Å². The average molecular weight is 245 g/mol. The van der Waals surface area contributed by atoms with E-state index in [9.17, 15) is 18.5 Å². The van der Waals surface area contributed by atoms with E-state index in [0.717, 1.165) is 0 Å². The van der Waals surface area contributed by atoms with Crippen molar-refractivity contribution in [3.05, 3.63) is 33.1 Å². The molecule has 88 valence electrons. The number of nitro groups is 1. The van der Waals surface area contributed by atoms with Crippen LogP contribution < -0.4 is 5.14 Å². The first kappa shape index (κ1) is 12.5. The summed E-state index contributed by atoms with van der Waals surface area (Å²) in [4.78, 5) is 14.0. The standard InChI is InChI=1S/C8H11N3O4S/c1-5-3-10-7(4-16(9,14)15)6(2)8(5)11(12)13/h3H,4H2,1-2H3,(H2,9,14,15). The van der Waals surface area contributed by atoms with Crippen LogP contribution in [0.1, 0.15) is 16.8 Å². The zero-order chi connectivity index (χ0) is 12.5. The van der Waals surface area contributed by atoms with Crippen molar-refractivity contribution in [3.63, 3.8) is 0 Å². The molecular formula is C8H11N3O4S. The Morgan fingerprint density at radius 3 is 2.50 bits per heavy atom. The first-order valence-electron chi connectivity index (χ1n) is 4.32. The summed E-state index contributed by atoms with van der Waals surface area (Å²) in [5.74, 6) is -0.500. The third-order valence-corrected chi connectivity index (χ3v) is 2.77. The molecule has 0 saturated carbocycles. The first-order valence-corrected chi connectivity index (χ1v) is 6.04. The van der Waals surface area contributed by atoms with Gasteiger partial charge < -0.3 is 0 Å². The number of aryl methyl sites for hydroxylation is 1. The van der Waals surface area contributed by atoms with Crippen LogP contribution in [0.3, 0.4) is 0 Å². The minimum Gasteiger partial charge on any atom is -0.259 e. The van der Waals surface area contributed by atoms with Crippen molar-refractivity contribution >= 4 is 15.7 Å². The van der Waals surface area contributed by atoms with E-state index in [0.29, 0.717) is 5.56 Å². The molecule has 1 rings (SSSR count). The highest BCUT2D eigenvalue weighted by molar-refractivity contribution is 7.88. The topological polar surface area (TPSA) is 116 Å². The van der Waals surface area contributed by atoms with Crippen LogP contribution in [0.2, 0.25) is 0 Å². The van der Waals surface area contributed by atoms with Crippen molar-refractivity contribution in [3.8, 4) is 0 Å². The summed E-state index contributed by atoms with van der Waals surface area (Å²) in [6.07, 6.45) is 1.27. The smallest absolute Gasteiger partial charge is 0.259 e. The molecule has 8 heteroatoms. The minimum absolute atomic E-state index is 0.111. The minimum atomic E-state index is -3.74. The molecule has 0 atom stereocenters. The van der Waals surface area contributed by atoms with Gasteiger partial charge in [-0.2, -0.15) is 0 Å². The van der Waals surface area contributed by atoms with Crippen molar-refractivity contribution in [1.29, 1.82) is 0 Å². The summed E-state index contributed by atoms with van der Waals surface area (Å²) in [7, 11) is -3.74. The number of pyridine rings is 1. The summed E-state index contributed by atoms with van der Waals surface area (Å²) < 4.78 is 21.8. The van der Waals surface area contributed by atoms with E-state index in [1.54, 1.807) is 6.92 Å². The zero-order valence-corrected chi connectivity index (χ0v) is 9.61. The van der Waals surface area contributed by atoms with Gasteiger partial charge >= 0.3 is 0 Å². The summed E-state index contributed by atoms with van der Waals surface area (Å²) in [6.45, 7) is 3.00. The molecule has 0 bridgehead atoms. The van der Waals surface area contributed by atoms with Gasteiger partial charge in [-0.1, -0.05) is 0 Å². The van der Waals surface area contributed by atoms with Gasteiger partial charge in [0.05, 0.1) is 10.6 Å². The van der Waals surface area contributed by atoms with Crippen LogP contribution >= 0.6 is 0 Å². The average Bonchev–Trinajstić information content (AvgIpc) is 2.07. The molecular weight excluding hydrogens is 234 g/mol. The number of hydrogen-bond donors (Lipinski definition) is 1. The second-order valence-electron chi connectivity index (χ2n) is 3.43. The molecule has 2 N–H and O–H groups in total. The predicted octanol–water partition coefficient (Wildman–Crippen LogP) is 0.395.